The van der Waals surface area contributed by atoms with E-state index in [0.717, 1.165) is 11.8 Å². The van der Waals surface area contributed by atoms with E-state index in [0.29, 0.717) is 10.9 Å². The quantitative estimate of drug-likeness (QED) is 0.923. The fourth-order valence-corrected chi connectivity index (χ4v) is 2.60. The predicted octanol–water partition coefficient (Wildman–Crippen LogP) is 3.59. The molecule has 1 aromatic heterocycles. The maximum atomic E-state index is 13.6. The number of rotatable bonds is 3. The van der Waals surface area contributed by atoms with E-state index in [2.05, 4.69) is 4.98 Å². The number of hydrogen-bond donors (Lipinski definition) is 1. The first-order chi connectivity index (χ1) is 8.50. The van der Waals surface area contributed by atoms with Gasteiger partial charge in [0.25, 0.3) is 0 Å². The lowest BCUT2D eigenvalue weighted by Gasteiger charge is -2.10. The number of aromatic nitrogens is 1. The van der Waals surface area contributed by atoms with Crippen molar-refractivity contribution in [2.75, 3.05) is 0 Å². The van der Waals surface area contributed by atoms with E-state index in [4.69, 9.17) is 5.73 Å². The van der Waals surface area contributed by atoms with Crippen LogP contribution in [-0.2, 0) is 0 Å². The summed E-state index contributed by atoms with van der Waals surface area (Å²) in [6.07, 6.45) is 0. The van der Waals surface area contributed by atoms with E-state index in [1.165, 1.54) is 23.5 Å². The minimum absolute atomic E-state index is 0.139. The van der Waals surface area contributed by atoms with Gasteiger partial charge < -0.3 is 5.73 Å². The fourth-order valence-electron chi connectivity index (χ4n) is 1.60. The van der Waals surface area contributed by atoms with Gasteiger partial charge in [-0.2, -0.15) is 0 Å². The average molecular weight is 268 g/mol. The molecule has 0 spiro atoms. The summed E-state index contributed by atoms with van der Waals surface area (Å²) in [6, 6.07) is 3.29. The topological polar surface area (TPSA) is 38.9 Å². The van der Waals surface area contributed by atoms with Crippen molar-refractivity contribution in [3.63, 3.8) is 0 Å². The van der Waals surface area contributed by atoms with Crippen molar-refractivity contribution in [3.05, 3.63) is 51.5 Å². The number of halogens is 2. The molecule has 18 heavy (non-hydrogen) atoms. The number of hydrogen-bond acceptors (Lipinski definition) is 3. The van der Waals surface area contributed by atoms with Crippen LogP contribution in [0.4, 0.5) is 8.78 Å². The highest BCUT2D eigenvalue weighted by Crippen LogP contribution is 2.27. The van der Waals surface area contributed by atoms with Gasteiger partial charge in [-0.25, -0.2) is 13.8 Å². The maximum Gasteiger partial charge on any atom is 0.164 e. The molecule has 96 valence electrons. The fraction of sp³-hybridized carbons (Fsp3) is 0.308. The molecule has 2 N–H and O–H groups in total. The van der Waals surface area contributed by atoms with E-state index in [9.17, 15) is 8.78 Å². The van der Waals surface area contributed by atoms with Crippen LogP contribution in [0.15, 0.2) is 23.6 Å². The monoisotopic (exact) mass is 268 g/mol. The smallest absolute Gasteiger partial charge is 0.164 e. The van der Waals surface area contributed by atoms with Crippen LogP contribution < -0.4 is 5.73 Å². The first-order valence-corrected chi connectivity index (χ1v) is 6.53. The Morgan fingerprint density at radius 1 is 1.28 bits per heavy atom. The molecule has 0 saturated carbocycles. The highest BCUT2D eigenvalue weighted by molar-refractivity contribution is 7.09. The molecule has 2 rings (SSSR count). The van der Waals surface area contributed by atoms with Crippen LogP contribution in [0.5, 0.6) is 0 Å². The lowest BCUT2D eigenvalue weighted by Crippen LogP contribution is -2.14. The number of thiazole rings is 1. The summed E-state index contributed by atoms with van der Waals surface area (Å²) < 4.78 is 26.8. The summed E-state index contributed by atoms with van der Waals surface area (Å²) >= 11 is 1.37. The molecule has 1 unspecified atom stereocenters. The highest BCUT2D eigenvalue weighted by Gasteiger charge is 2.19. The average Bonchev–Trinajstić information content (AvgIpc) is 2.81. The molecule has 2 aromatic rings. The normalized spacial score (nSPS) is 13.0. The molecule has 0 amide bonds. The molecule has 5 heteroatoms. The lowest BCUT2D eigenvalue weighted by molar-refractivity contribution is 0.494. The third-order valence-corrected chi connectivity index (χ3v) is 3.66. The van der Waals surface area contributed by atoms with Crippen LogP contribution in [0.1, 0.15) is 42.1 Å². The second-order valence-electron chi connectivity index (χ2n) is 4.39. The van der Waals surface area contributed by atoms with Crippen molar-refractivity contribution >= 4 is 11.3 Å². The maximum absolute atomic E-state index is 13.6. The summed E-state index contributed by atoms with van der Waals surface area (Å²) in [5.41, 5.74) is 7.00. The highest BCUT2D eigenvalue weighted by atomic mass is 32.1. The Hall–Kier alpha value is -1.33. The van der Waals surface area contributed by atoms with Crippen LogP contribution in [0.25, 0.3) is 0 Å². The summed E-state index contributed by atoms with van der Waals surface area (Å²) in [5, 5.41) is 2.50. The Labute approximate surface area is 108 Å². The Morgan fingerprint density at radius 2 is 2.00 bits per heavy atom. The zero-order chi connectivity index (χ0) is 13.3. The number of benzene rings is 1. The van der Waals surface area contributed by atoms with Crippen molar-refractivity contribution in [1.82, 2.24) is 4.98 Å². The third-order valence-electron chi connectivity index (χ3n) is 2.71. The van der Waals surface area contributed by atoms with Crippen LogP contribution in [0.3, 0.4) is 0 Å². The first-order valence-electron chi connectivity index (χ1n) is 5.65. The van der Waals surface area contributed by atoms with E-state index in [-0.39, 0.29) is 5.56 Å². The molecule has 0 aliphatic heterocycles. The van der Waals surface area contributed by atoms with Crippen molar-refractivity contribution in [2.45, 2.75) is 25.8 Å². The zero-order valence-electron chi connectivity index (χ0n) is 10.2. The van der Waals surface area contributed by atoms with Gasteiger partial charge in [0, 0.05) is 10.9 Å². The minimum Gasteiger partial charge on any atom is -0.318 e. The molecule has 0 saturated heterocycles. The molecular weight excluding hydrogens is 254 g/mol. The van der Waals surface area contributed by atoms with Crippen molar-refractivity contribution in [3.8, 4) is 0 Å². The Kier molecular flexibility index (Phi) is 3.73. The van der Waals surface area contributed by atoms with Gasteiger partial charge in [-0.1, -0.05) is 26.0 Å². The van der Waals surface area contributed by atoms with Gasteiger partial charge in [-0.05, 0) is 12.0 Å². The van der Waals surface area contributed by atoms with Gasteiger partial charge in [0.2, 0.25) is 0 Å². The Balaban J connectivity index is 2.35. The molecular formula is C13H14F2N2S. The molecule has 0 aliphatic carbocycles. The van der Waals surface area contributed by atoms with Crippen molar-refractivity contribution < 1.29 is 8.78 Å². The van der Waals surface area contributed by atoms with Gasteiger partial charge in [0.05, 0.1) is 11.7 Å². The van der Waals surface area contributed by atoms with Gasteiger partial charge in [-0.15, -0.1) is 11.3 Å². The molecule has 1 aromatic carbocycles. The second-order valence-corrected chi connectivity index (χ2v) is 5.28. The van der Waals surface area contributed by atoms with E-state index < -0.39 is 17.7 Å². The first kappa shape index (κ1) is 13.1. The van der Waals surface area contributed by atoms with Crippen LogP contribution in [0, 0.1) is 11.6 Å². The molecule has 0 aliphatic rings. The largest absolute Gasteiger partial charge is 0.318 e. The van der Waals surface area contributed by atoms with Gasteiger partial charge in [0.15, 0.2) is 11.6 Å². The van der Waals surface area contributed by atoms with E-state index >= 15 is 0 Å². The van der Waals surface area contributed by atoms with Gasteiger partial charge in [-0.3, -0.25) is 0 Å². The van der Waals surface area contributed by atoms with Gasteiger partial charge in [0.1, 0.15) is 5.01 Å². The zero-order valence-corrected chi connectivity index (χ0v) is 11.0. The van der Waals surface area contributed by atoms with E-state index in [1.54, 1.807) is 0 Å². The molecule has 0 fully saturated rings. The summed E-state index contributed by atoms with van der Waals surface area (Å²) in [6.45, 7) is 4.04. The standard InChI is InChI=1S/C13H14F2N2S/c1-7(2)10-6-18-13(17-10)12(16)8-4-3-5-9(14)11(8)15/h3-7,12H,16H2,1-2H3. The molecule has 1 atom stereocenters. The Bertz CT molecular complexity index is 552. The van der Waals surface area contributed by atoms with Crippen LogP contribution >= 0.6 is 11.3 Å². The predicted molar refractivity (Wildman–Crippen MR) is 68.6 cm³/mol. The molecule has 0 bridgehead atoms. The van der Waals surface area contributed by atoms with Crippen LogP contribution in [0.2, 0.25) is 0 Å². The molecule has 2 nitrogen and oxygen atoms in total. The SMILES string of the molecule is CC(C)c1csc(C(N)c2cccc(F)c2F)n1. The van der Waals surface area contributed by atoms with Crippen molar-refractivity contribution in [1.29, 1.82) is 0 Å². The Morgan fingerprint density at radius 3 is 2.61 bits per heavy atom. The summed E-state index contributed by atoms with van der Waals surface area (Å²) in [4.78, 5) is 4.36. The molecule has 0 radical (unpaired) electrons. The minimum atomic E-state index is -0.897. The van der Waals surface area contributed by atoms with Crippen LogP contribution in [-0.4, -0.2) is 4.98 Å². The second kappa shape index (κ2) is 5.12. The molecule has 1 heterocycles. The summed E-state index contributed by atoms with van der Waals surface area (Å²) in [5.74, 6) is -1.49. The third kappa shape index (κ3) is 2.42. The van der Waals surface area contributed by atoms with Gasteiger partial charge >= 0.3 is 0 Å². The number of nitrogens with two attached hydrogens (primary N) is 1. The number of nitrogens with zero attached hydrogens (tertiary/aromatic N) is 1. The summed E-state index contributed by atoms with van der Waals surface area (Å²) in [7, 11) is 0. The lowest BCUT2D eigenvalue weighted by atomic mass is 10.1. The van der Waals surface area contributed by atoms with Crippen molar-refractivity contribution in [2.24, 2.45) is 5.73 Å². The van der Waals surface area contributed by atoms with E-state index in [1.807, 2.05) is 19.2 Å².